The van der Waals surface area contributed by atoms with Gasteiger partial charge < -0.3 is 16.0 Å². The summed E-state index contributed by atoms with van der Waals surface area (Å²) < 4.78 is 28.9. The monoisotopic (exact) mass is 447 g/mol. The Labute approximate surface area is 188 Å². The first kappa shape index (κ1) is 21.7. The van der Waals surface area contributed by atoms with Gasteiger partial charge in [-0.1, -0.05) is 18.2 Å². The molecule has 1 heterocycles. The zero-order valence-electron chi connectivity index (χ0n) is 17.5. The highest BCUT2D eigenvalue weighted by Crippen LogP contribution is 2.26. The number of halogens is 2. The van der Waals surface area contributed by atoms with Gasteiger partial charge >= 0.3 is 6.03 Å². The molecule has 0 aliphatic rings. The molecule has 0 aliphatic carbocycles. The fourth-order valence-corrected chi connectivity index (χ4v) is 3.19. The molecular formula is C24H19F2N5O2. The van der Waals surface area contributed by atoms with E-state index >= 15 is 0 Å². The van der Waals surface area contributed by atoms with Crippen molar-refractivity contribution in [2.45, 2.75) is 0 Å². The second-order valence-electron chi connectivity index (χ2n) is 7.17. The summed E-state index contributed by atoms with van der Waals surface area (Å²) in [6.07, 6.45) is 1.46. The van der Waals surface area contributed by atoms with Gasteiger partial charge in [0.25, 0.3) is 5.91 Å². The average Bonchev–Trinajstić information content (AvgIpc) is 3.17. The van der Waals surface area contributed by atoms with Crippen LogP contribution in [-0.4, -0.2) is 21.7 Å². The predicted molar refractivity (Wildman–Crippen MR) is 122 cm³/mol. The fourth-order valence-electron chi connectivity index (χ4n) is 3.19. The second kappa shape index (κ2) is 9.31. The van der Waals surface area contributed by atoms with Gasteiger partial charge in [0.05, 0.1) is 5.56 Å². The van der Waals surface area contributed by atoms with E-state index in [1.807, 2.05) is 18.2 Å². The van der Waals surface area contributed by atoms with Gasteiger partial charge in [-0.25, -0.2) is 13.6 Å². The molecule has 0 fully saturated rings. The molecule has 3 N–H and O–H groups in total. The van der Waals surface area contributed by atoms with Gasteiger partial charge in [0.1, 0.15) is 17.3 Å². The molecule has 0 radical (unpaired) electrons. The maximum Gasteiger partial charge on any atom is 0.323 e. The van der Waals surface area contributed by atoms with Crippen molar-refractivity contribution in [3.05, 3.63) is 96.2 Å². The zero-order valence-corrected chi connectivity index (χ0v) is 17.5. The number of carbonyl (C=O) groups is 2. The molecule has 4 aromatic rings. The summed E-state index contributed by atoms with van der Waals surface area (Å²) in [7, 11) is 1.60. The number of urea groups is 1. The Morgan fingerprint density at radius 2 is 1.42 bits per heavy atom. The van der Waals surface area contributed by atoms with E-state index in [4.69, 9.17) is 0 Å². The summed E-state index contributed by atoms with van der Waals surface area (Å²) in [5, 5.41) is 12.3. The Kier molecular flexibility index (Phi) is 6.12. The number of para-hydroxylation sites is 1. The summed E-state index contributed by atoms with van der Waals surface area (Å²) >= 11 is 0. The Balaban J connectivity index is 1.45. The van der Waals surface area contributed by atoms with E-state index in [1.54, 1.807) is 43.4 Å². The highest BCUT2D eigenvalue weighted by molar-refractivity contribution is 6.08. The van der Waals surface area contributed by atoms with Crippen molar-refractivity contribution < 1.29 is 18.4 Å². The van der Waals surface area contributed by atoms with Crippen LogP contribution in [0, 0.1) is 11.6 Å². The lowest BCUT2D eigenvalue weighted by atomic mass is 10.1. The molecule has 7 nitrogen and oxygen atoms in total. The fraction of sp³-hybridized carbons (Fsp3) is 0.0417. The SMILES string of the molecule is Cn1cc(C(=O)Nc2ccc(NC(=O)Nc3ccccc3)cc2)c(-c2ccc(F)cc2F)n1. The minimum absolute atomic E-state index is 0.0196. The van der Waals surface area contributed by atoms with Crippen LogP contribution in [0.3, 0.4) is 0 Å². The minimum atomic E-state index is -0.813. The van der Waals surface area contributed by atoms with Crippen molar-refractivity contribution in [3.8, 4) is 11.3 Å². The largest absolute Gasteiger partial charge is 0.323 e. The first-order valence-electron chi connectivity index (χ1n) is 9.92. The van der Waals surface area contributed by atoms with E-state index in [9.17, 15) is 18.4 Å². The summed E-state index contributed by atoms with van der Waals surface area (Å²) in [5.74, 6) is -2.04. The smallest absolute Gasteiger partial charge is 0.322 e. The van der Waals surface area contributed by atoms with Gasteiger partial charge in [0.15, 0.2) is 0 Å². The highest BCUT2D eigenvalue weighted by Gasteiger charge is 2.20. The van der Waals surface area contributed by atoms with Crippen molar-refractivity contribution in [3.63, 3.8) is 0 Å². The standard InChI is InChI=1S/C24H19F2N5O2/c1-31-14-20(22(30-31)19-12-7-15(25)13-21(19)26)23(32)27-17-8-10-18(11-9-17)29-24(33)28-16-5-3-2-4-6-16/h2-14H,1H3,(H,27,32)(H2,28,29,33). The van der Waals surface area contributed by atoms with Gasteiger partial charge in [-0.05, 0) is 48.5 Å². The lowest BCUT2D eigenvalue weighted by molar-refractivity contribution is 0.102. The number of amides is 3. The van der Waals surface area contributed by atoms with E-state index in [-0.39, 0.29) is 16.8 Å². The summed E-state index contributed by atoms with van der Waals surface area (Å²) in [5.41, 5.74) is 1.89. The molecular weight excluding hydrogens is 428 g/mol. The van der Waals surface area contributed by atoms with Crippen molar-refractivity contribution >= 4 is 29.0 Å². The van der Waals surface area contributed by atoms with Gasteiger partial charge in [-0.2, -0.15) is 5.10 Å². The molecule has 0 atom stereocenters. The number of hydrogen-bond acceptors (Lipinski definition) is 3. The summed E-state index contributed by atoms with van der Waals surface area (Å²) in [6.45, 7) is 0. The summed E-state index contributed by atoms with van der Waals surface area (Å²) in [4.78, 5) is 24.9. The Morgan fingerprint density at radius 3 is 2.06 bits per heavy atom. The van der Waals surface area contributed by atoms with E-state index in [0.29, 0.717) is 17.1 Å². The minimum Gasteiger partial charge on any atom is -0.322 e. The molecule has 3 aromatic carbocycles. The molecule has 0 saturated heterocycles. The van der Waals surface area contributed by atoms with Crippen LogP contribution in [0.4, 0.5) is 30.6 Å². The van der Waals surface area contributed by atoms with Crippen LogP contribution in [-0.2, 0) is 7.05 Å². The van der Waals surface area contributed by atoms with Crippen molar-refractivity contribution in [1.29, 1.82) is 0 Å². The lowest BCUT2D eigenvalue weighted by Crippen LogP contribution is -2.19. The number of rotatable bonds is 5. The van der Waals surface area contributed by atoms with Crippen LogP contribution in [0.5, 0.6) is 0 Å². The van der Waals surface area contributed by atoms with Crippen molar-refractivity contribution in [1.82, 2.24) is 9.78 Å². The third-order valence-corrected chi connectivity index (χ3v) is 4.69. The van der Waals surface area contributed by atoms with Crippen molar-refractivity contribution in [2.75, 3.05) is 16.0 Å². The van der Waals surface area contributed by atoms with E-state index in [1.165, 1.54) is 16.9 Å². The van der Waals surface area contributed by atoms with Gasteiger partial charge in [0, 0.05) is 41.9 Å². The Morgan fingerprint density at radius 1 is 0.818 bits per heavy atom. The van der Waals surface area contributed by atoms with E-state index in [0.717, 1.165) is 12.1 Å². The highest BCUT2D eigenvalue weighted by atomic mass is 19.1. The third-order valence-electron chi connectivity index (χ3n) is 4.69. The normalized spacial score (nSPS) is 10.5. The maximum atomic E-state index is 14.2. The number of aromatic nitrogens is 2. The molecule has 1 aromatic heterocycles. The molecule has 0 unspecified atom stereocenters. The van der Waals surface area contributed by atoms with Crippen LogP contribution in [0.15, 0.2) is 79.0 Å². The van der Waals surface area contributed by atoms with Gasteiger partial charge in [-0.15, -0.1) is 0 Å². The molecule has 166 valence electrons. The number of hydrogen-bond donors (Lipinski definition) is 3. The van der Waals surface area contributed by atoms with E-state index in [2.05, 4.69) is 21.0 Å². The number of nitrogens with one attached hydrogen (secondary N) is 3. The molecule has 9 heteroatoms. The number of anilines is 3. The van der Waals surface area contributed by atoms with E-state index < -0.39 is 23.6 Å². The van der Waals surface area contributed by atoms with Gasteiger partial charge in [-0.3, -0.25) is 9.48 Å². The first-order chi connectivity index (χ1) is 15.9. The topological polar surface area (TPSA) is 88.0 Å². The van der Waals surface area contributed by atoms with Crippen molar-refractivity contribution in [2.24, 2.45) is 7.05 Å². The molecule has 4 rings (SSSR count). The van der Waals surface area contributed by atoms with Crippen LogP contribution in [0.2, 0.25) is 0 Å². The van der Waals surface area contributed by atoms with Crippen LogP contribution in [0.1, 0.15) is 10.4 Å². The number of nitrogens with zero attached hydrogens (tertiary/aromatic N) is 2. The Bertz CT molecular complexity index is 1300. The molecule has 0 saturated carbocycles. The lowest BCUT2D eigenvalue weighted by Gasteiger charge is -2.09. The zero-order chi connectivity index (χ0) is 23.4. The van der Waals surface area contributed by atoms with Crippen LogP contribution < -0.4 is 16.0 Å². The second-order valence-corrected chi connectivity index (χ2v) is 7.17. The van der Waals surface area contributed by atoms with Crippen LogP contribution in [0.25, 0.3) is 11.3 Å². The number of benzene rings is 3. The molecule has 0 aliphatic heterocycles. The van der Waals surface area contributed by atoms with Crippen LogP contribution >= 0.6 is 0 Å². The molecule has 33 heavy (non-hydrogen) atoms. The molecule has 3 amide bonds. The average molecular weight is 447 g/mol. The summed E-state index contributed by atoms with van der Waals surface area (Å²) in [6, 6.07) is 18.2. The number of carbonyl (C=O) groups excluding carboxylic acids is 2. The quantitative estimate of drug-likeness (QED) is 0.390. The maximum absolute atomic E-state index is 14.2. The van der Waals surface area contributed by atoms with Gasteiger partial charge in [0.2, 0.25) is 0 Å². The molecule has 0 bridgehead atoms. The Hall–Kier alpha value is -4.53. The third kappa shape index (κ3) is 5.21. The molecule has 0 spiro atoms. The predicted octanol–water partition coefficient (Wildman–Crippen LogP) is 5.26. The first-order valence-corrected chi connectivity index (χ1v) is 9.92. The number of aryl methyl sites for hydroxylation is 1.